The van der Waals surface area contributed by atoms with E-state index in [2.05, 4.69) is 26.5 Å². The molecule has 0 aliphatic rings. The van der Waals surface area contributed by atoms with Crippen molar-refractivity contribution in [3.8, 4) is 6.07 Å². The van der Waals surface area contributed by atoms with Gasteiger partial charge in [-0.15, -0.1) is 11.3 Å². The van der Waals surface area contributed by atoms with Gasteiger partial charge in [-0.3, -0.25) is 5.43 Å². The molecule has 124 valence electrons. The molecule has 0 atom stereocenters. The van der Waals surface area contributed by atoms with Crippen LogP contribution in [0.4, 0.5) is 16.5 Å². The van der Waals surface area contributed by atoms with Crippen molar-refractivity contribution in [2.24, 2.45) is 5.10 Å². The van der Waals surface area contributed by atoms with E-state index in [0.717, 1.165) is 27.8 Å². The Morgan fingerprint density at radius 2 is 1.76 bits per heavy atom. The van der Waals surface area contributed by atoms with E-state index in [9.17, 15) is 0 Å². The predicted molar refractivity (Wildman–Crippen MR) is 104 cm³/mol. The number of nitrogens with one attached hydrogen (secondary N) is 1. The van der Waals surface area contributed by atoms with Gasteiger partial charge >= 0.3 is 0 Å². The smallest absolute Gasteiger partial charge is 0.203 e. The van der Waals surface area contributed by atoms with Gasteiger partial charge in [-0.2, -0.15) is 10.4 Å². The van der Waals surface area contributed by atoms with E-state index in [1.54, 1.807) is 6.21 Å². The Morgan fingerprint density at radius 3 is 2.32 bits per heavy atom. The third kappa shape index (κ3) is 4.22. The molecule has 5 nitrogen and oxygen atoms in total. The summed E-state index contributed by atoms with van der Waals surface area (Å²) < 4.78 is 0. The van der Waals surface area contributed by atoms with Crippen molar-refractivity contribution >= 4 is 34.1 Å². The van der Waals surface area contributed by atoms with E-state index in [4.69, 9.17) is 5.26 Å². The summed E-state index contributed by atoms with van der Waals surface area (Å²) in [6, 6.07) is 17.7. The normalized spacial score (nSPS) is 10.6. The SMILES string of the molecule is Cc1csc(NN=Cc2ccc(N(C)c3ccc(C#N)cc3)cc2)n1. The van der Waals surface area contributed by atoms with Gasteiger partial charge in [0.05, 0.1) is 23.5 Å². The predicted octanol–water partition coefficient (Wildman–Crippen LogP) is 4.54. The number of thiazole rings is 1. The van der Waals surface area contributed by atoms with Gasteiger partial charge in [0.2, 0.25) is 5.13 Å². The molecule has 0 fully saturated rings. The van der Waals surface area contributed by atoms with Crippen LogP contribution >= 0.6 is 11.3 Å². The number of aromatic nitrogens is 1. The molecule has 2 aromatic carbocycles. The molecule has 0 saturated heterocycles. The van der Waals surface area contributed by atoms with Crippen LogP contribution in [-0.2, 0) is 0 Å². The lowest BCUT2D eigenvalue weighted by molar-refractivity contribution is 1.21. The molecule has 0 bridgehead atoms. The van der Waals surface area contributed by atoms with Crippen molar-refractivity contribution in [2.75, 3.05) is 17.4 Å². The quantitative estimate of drug-likeness (QED) is 0.544. The molecule has 1 heterocycles. The Labute approximate surface area is 150 Å². The second-order valence-electron chi connectivity index (χ2n) is 5.47. The highest BCUT2D eigenvalue weighted by Gasteiger charge is 2.04. The summed E-state index contributed by atoms with van der Waals surface area (Å²) in [6.07, 6.45) is 1.77. The fourth-order valence-electron chi connectivity index (χ4n) is 2.26. The maximum Gasteiger partial charge on any atom is 0.203 e. The lowest BCUT2D eigenvalue weighted by Gasteiger charge is -2.19. The molecular weight excluding hydrogens is 330 g/mol. The summed E-state index contributed by atoms with van der Waals surface area (Å²) in [5.41, 5.74) is 7.66. The topological polar surface area (TPSA) is 64.3 Å². The Bertz CT molecular complexity index is 904. The first-order valence-corrected chi connectivity index (χ1v) is 8.59. The van der Waals surface area contributed by atoms with Gasteiger partial charge in [0.25, 0.3) is 0 Å². The second-order valence-corrected chi connectivity index (χ2v) is 6.33. The Hall–Kier alpha value is -3.17. The van der Waals surface area contributed by atoms with Crippen LogP contribution < -0.4 is 10.3 Å². The van der Waals surface area contributed by atoms with Crippen LogP contribution in [0.5, 0.6) is 0 Å². The van der Waals surface area contributed by atoms with E-state index in [-0.39, 0.29) is 0 Å². The van der Waals surface area contributed by atoms with Crippen molar-refractivity contribution in [2.45, 2.75) is 6.92 Å². The van der Waals surface area contributed by atoms with E-state index in [0.29, 0.717) is 5.56 Å². The van der Waals surface area contributed by atoms with Crippen LogP contribution in [0.25, 0.3) is 0 Å². The van der Waals surface area contributed by atoms with Crippen molar-refractivity contribution in [3.63, 3.8) is 0 Å². The number of hydrogen-bond acceptors (Lipinski definition) is 6. The molecule has 0 radical (unpaired) electrons. The molecule has 0 saturated carbocycles. The van der Waals surface area contributed by atoms with Crippen LogP contribution in [0.3, 0.4) is 0 Å². The van der Waals surface area contributed by atoms with Gasteiger partial charge in [-0.05, 0) is 48.9 Å². The molecular formula is C19H17N5S. The molecule has 0 aliphatic heterocycles. The molecule has 3 rings (SSSR count). The monoisotopic (exact) mass is 347 g/mol. The Balaban J connectivity index is 1.65. The molecule has 3 aromatic rings. The first-order valence-electron chi connectivity index (χ1n) is 7.71. The maximum atomic E-state index is 8.88. The van der Waals surface area contributed by atoms with E-state index < -0.39 is 0 Å². The zero-order valence-corrected chi connectivity index (χ0v) is 14.8. The average Bonchev–Trinajstić information content (AvgIpc) is 3.07. The van der Waals surface area contributed by atoms with Gasteiger partial charge < -0.3 is 4.90 Å². The van der Waals surface area contributed by atoms with E-state index >= 15 is 0 Å². The van der Waals surface area contributed by atoms with Crippen LogP contribution in [0.1, 0.15) is 16.8 Å². The minimum atomic E-state index is 0.659. The van der Waals surface area contributed by atoms with Crippen molar-refractivity contribution in [1.29, 1.82) is 5.26 Å². The Morgan fingerprint density at radius 1 is 1.12 bits per heavy atom. The number of hydrazone groups is 1. The minimum Gasteiger partial charge on any atom is -0.345 e. The molecule has 25 heavy (non-hydrogen) atoms. The van der Waals surface area contributed by atoms with Crippen molar-refractivity contribution in [3.05, 3.63) is 70.7 Å². The second kappa shape index (κ2) is 7.60. The lowest BCUT2D eigenvalue weighted by atomic mass is 10.1. The summed E-state index contributed by atoms with van der Waals surface area (Å²) in [4.78, 5) is 6.36. The highest BCUT2D eigenvalue weighted by Crippen LogP contribution is 2.23. The van der Waals surface area contributed by atoms with Crippen molar-refractivity contribution in [1.82, 2.24) is 4.98 Å². The Kier molecular flexibility index (Phi) is 5.07. The van der Waals surface area contributed by atoms with Crippen LogP contribution in [0.15, 0.2) is 59.0 Å². The summed E-state index contributed by atoms with van der Waals surface area (Å²) in [6.45, 7) is 1.95. The summed E-state index contributed by atoms with van der Waals surface area (Å²) >= 11 is 1.53. The van der Waals surface area contributed by atoms with Crippen LogP contribution in [-0.4, -0.2) is 18.2 Å². The first kappa shape index (κ1) is 16.7. The zero-order valence-electron chi connectivity index (χ0n) is 14.0. The molecule has 0 aliphatic carbocycles. The number of rotatable bonds is 5. The van der Waals surface area contributed by atoms with Crippen LogP contribution in [0.2, 0.25) is 0 Å². The third-order valence-corrected chi connectivity index (χ3v) is 4.52. The van der Waals surface area contributed by atoms with Gasteiger partial charge in [-0.1, -0.05) is 12.1 Å². The highest BCUT2D eigenvalue weighted by atomic mass is 32.1. The fourth-order valence-corrected chi connectivity index (χ4v) is 2.90. The molecule has 0 unspecified atom stereocenters. The summed E-state index contributed by atoms with van der Waals surface area (Å²) in [5, 5.41) is 15.8. The fraction of sp³-hybridized carbons (Fsp3) is 0.105. The largest absolute Gasteiger partial charge is 0.345 e. The summed E-state index contributed by atoms with van der Waals surface area (Å²) in [5.74, 6) is 0. The number of hydrogen-bond donors (Lipinski definition) is 1. The van der Waals surface area contributed by atoms with E-state index in [1.165, 1.54) is 11.3 Å². The minimum absolute atomic E-state index is 0.659. The molecule has 1 aromatic heterocycles. The molecule has 0 amide bonds. The lowest BCUT2D eigenvalue weighted by Crippen LogP contribution is -2.09. The number of nitriles is 1. The van der Waals surface area contributed by atoms with Gasteiger partial charge in [0, 0.05) is 23.8 Å². The molecule has 1 N–H and O–H groups in total. The first-order chi connectivity index (χ1) is 12.2. The van der Waals surface area contributed by atoms with Gasteiger partial charge in [-0.25, -0.2) is 4.98 Å². The van der Waals surface area contributed by atoms with Crippen molar-refractivity contribution < 1.29 is 0 Å². The molecule has 0 spiro atoms. The summed E-state index contributed by atoms with van der Waals surface area (Å²) in [7, 11) is 2.00. The van der Waals surface area contributed by atoms with E-state index in [1.807, 2.05) is 67.9 Å². The number of nitrogens with zero attached hydrogens (tertiary/aromatic N) is 4. The zero-order chi connectivity index (χ0) is 17.6. The number of anilines is 3. The third-order valence-electron chi connectivity index (χ3n) is 3.66. The van der Waals surface area contributed by atoms with Gasteiger partial charge in [0.15, 0.2) is 0 Å². The highest BCUT2D eigenvalue weighted by molar-refractivity contribution is 7.13. The average molecular weight is 347 g/mol. The van der Waals surface area contributed by atoms with Gasteiger partial charge in [0.1, 0.15) is 0 Å². The number of aryl methyl sites for hydroxylation is 1. The number of benzene rings is 2. The standard InChI is InChI=1S/C19H17N5S/c1-14-13-25-19(22-14)23-21-12-16-5-9-18(10-6-16)24(2)17-7-3-15(11-20)4-8-17/h3-10,12-13H,1-2H3,(H,22,23). The molecule has 6 heteroatoms. The van der Waals surface area contributed by atoms with Crippen LogP contribution in [0, 0.1) is 18.3 Å². The maximum absolute atomic E-state index is 8.88.